The van der Waals surface area contributed by atoms with Crippen molar-refractivity contribution in [3.05, 3.63) is 12.2 Å². The van der Waals surface area contributed by atoms with Gasteiger partial charge in [0.05, 0.1) is 0 Å². The minimum atomic E-state index is -7.66. The van der Waals surface area contributed by atoms with Crippen LogP contribution in [0.1, 0.15) is 20.8 Å². The fourth-order valence-corrected chi connectivity index (χ4v) is 1.84. The molecule has 0 saturated carbocycles. The minimum Gasteiger partial charge on any atom is -0.478 e. The molecule has 0 aliphatic carbocycles. The van der Waals surface area contributed by atoms with E-state index in [1.165, 1.54) is 0 Å². The maximum absolute atomic E-state index is 14.2. The second-order valence-electron chi connectivity index (χ2n) is 6.70. The fourth-order valence-electron chi connectivity index (χ4n) is 1.84. The molecule has 0 aromatic heterocycles. The summed E-state index contributed by atoms with van der Waals surface area (Å²) in [5, 5.41) is 8.27. The number of rotatable bonds is 7. The number of hydrogen-bond acceptors (Lipinski definition) is 3. The van der Waals surface area contributed by atoms with E-state index in [1.54, 1.807) is 0 Å². The van der Waals surface area contributed by atoms with Crippen LogP contribution < -0.4 is 0 Å². The highest BCUT2D eigenvalue weighted by atomic mass is 19.4. The van der Waals surface area contributed by atoms with E-state index in [4.69, 9.17) is 5.11 Å². The summed E-state index contributed by atoms with van der Waals surface area (Å²) < 4.78 is 149. The Morgan fingerprint density at radius 3 is 1.48 bits per heavy atom. The lowest BCUT2D eigenvalue weighted by Crippen LogP contribution is -2.70. The van der Waals surface area contributed by atoms with Gasteiger partial charge in [-0.2, -0.15) is 48.3 Å². The number of halogens is 11. The van der Waals surface area contributed by atoms with E-state index in [2.05, 4.69) is 4.74 Å². The zero-order valence-corrected chi connectivity index (χ0v) is 14.6. The highest BCUT2D eigenvalue weighted by molar-refractivity contribution is 5.90. The number of carbonyl (C=O) groups excluding carboxylic acids is 1. The Kier molecular flexibility index (Phi) is 7.08. The molecular formula is C14H13F11O4. The Hall–Kier alpha value is -2.09. The second kappa shape index (κ2) is 7.63. The summed E-state index contributed by atoms with van der Waals surface area (Å²) in [7, 11) is 0. The molecule has 29 heavy (non-hydrogen) atoms. The van der Waals surface area contributed by atoms with Gasteiger partial charge >= 0.3 is 41.8 Å². The molecule has 0 aromatic carbocycles. The van der Waals surface area contributed by atoms with E-state index in [1.807, 2.05) is 0 Å². The van der Waals surface area contributed by atoms with Gasteiger partial charge in [-0.3, -0.25) is 0 Å². The number of carboxylic acids is 1. The predicted molar refractivity (Wildman–Crippen MR) is 72.0 cm³/mol. The Morgan fingerprint density at radius 2 is 1.17 bits per heavy atom. The zero-order chi connectivity index (χ0) is 23.9. The summed E-state index contributed by atoms with van der Waals surface area (Å²) in [5.74, 6) is -33.0. The van der Waals surface area contributed by atoms with Crippen molar-refractivity contribution in [1.29, 1.82) is 0 Å². The lowest BCUT2D eigenvalue weighted by Gasteiger charge is -2.43. The topological polar surface area (TPSA) is 63.6 Å². The van der Waals surface area contributed by atoms with Crippen LogP contribution in [0.4, 0.5) is 48.3 Å². The van der Waals surface area contributed by atoms with Gasteiger partial charge in [0, 0.05) is 17.6 Å². The van der Waals surface area contributed by atoms with Crippen molar-refractivity contribution >= 4 is 11.9 Å². The molecule has 170 valence electrons. The normalized spacial score (nSPS) is 16.1. The van der Waals surface area contributed by atoms with Crippen LogP contribution in [0.5, 0.6) is 0 Å². The Balaban J connectivity index is 6.39. The third kappa shape index (κ3) is 4.91. The first-order valence-corrected chi connectivity index (χ1v) is 7.14. The molecule has 0 spiro atoms. The van der Waals surface area contributed by atoms with Crippen molar-refractivity contribution in [2.45, 2.75) is 56.7 Å². The molecule has 0 fully saturated rings. The van der Waals surface area contributed by atoms with E-state index >= 15 is 0 Å². The molecule has 0 heterocycles. The van der Waals surface area contributed by atoms with Gasteiger partial charge in [0.15, 0.2) is 6.10 Å². The fraction of sp³-hybridized carbons (Fsp3) is 0.714. The van der Waals surface area contributed by atoms with E-state index < -0.39 is 53.3 Å². The van der Waals surface area contributed by atoms with Crippen molar-refractivity contribution < 1.29 is 67.7 Å². The Bertz CT molecular complexity index is 659. The number of carbonyl (C=O) groups is 2. The molecule has 4 nitrogen and oxygen atoms in total. The molecule has 0 aliphatic rings. The molecular weight excluding hydrogens is 441 g/mol. The van der Waals surface area contributed by atoms with Crippen molar-refractivity contribution in [2.75, 3.05) is 0 Å². The molecule has 0 bridgehead atoms. The quantitative estimate of drug-likeness (QED) is 0.345. The second-order valence-corrected chi connectivity index (χ2v) is 6.70. The monoisotopic (exact) mass is 454 g/mol. The number of hydrogen-bond donors (Lipinski definition) is 1. The third-order valence-electron chi connectivity index (χ3n) is 3.28. The Morgan fingerprint density at radius 1 is 0.759 bits per heavy atom. The van der Waals surface area contributed by atoms with Crippen molar-refractivity contribution in [2.24, 2.45) is 5.41 Å². The average Bonchev–Trinajstić information content (AvgIpc) is 2.47. The molecule has 1 unspecified atom stereocenters. The van der Waals surface area contributed by atoms with Crippen molar-refractivity contribution in [3.8, 4) is 0 Å². The standard InChI is InChI=1S/C14H13F11O4/c1-9(2,3)8(29-7(28)5-4-6(26)27)10(15,16)11(17,18)12(19,20)13(21,22)14(23,24)25/h4-5,8H,1-3H3,(H,26,27). The van der Waals surface area contributed by atoms with Gasteiger partial charge in [0.25, 0.3) is 0 Å². The first kappa shape index (κ1) is 26.9. The van der Waals surface area contributed by atoms with Gasteiger partial charge in [0.2, 0.25) is 0 Å². The van der Waals surface area contributed by atoms with Crippen molar-refractivity contribution in [3.63, 3.8) is 0 Å². The van der Waals surface area contributed by atoms with E-state index in [0.29, 0.717) is 20.8 Å². The maximum Gasteiger partial charge on any atom is 0.460 e. The molecule has 0 radical (unpaired) electrons. The van der Waals surface area contributed by atoms with Crippen LogP contribution in [0.25, 0.3) is 0 Å². The number of carboxylic acid groups (broad SMARTS) is 1. The molecule has 0 aliphatic heterocycles. The molecule has 0 amide bonds. The molecule has 0 saturated heterocycles. The Labute approximate surface area is 155 Å². The van der Waals surface area contributed by atoms with Crippen molar-refractivity contribution in [1.82, 2.24) is 0 Å². The van der Waals surface area contributed by atoms with Crippen LogP contribution in [0.2, 0.25) is 0 Å². The summed E-state index contributed by atoms with van der Waals surface area (Å²) in [5.41, 5.74) is -2.41. The molecule has 0 rings (SSSR count). The van der Waals surface area contributed by atoms with Gasteiger partial charge in [-0.25, -0.2) is 9.59 Å². The zero-order valence-electron chi connectivity index (χ0n) is 14.6. The van der Waals surface area contributed by atoms with Crippen LogP contribution in [0, 0.1) is 5.41 Å². The number of ether oxygens (including phenoxy) is 1. The summed E-state index contributed by atoms with van der Waals surface area (Å²) in [6.07, 6.45) is -11.1. The minimum absolute atomic E-state index is 0.0231. The highest BCUT2D eigenvalue weighted by Crippen LogP contribution is 2.59. The lowest BCUT2D eigenvalue weighted by molar-refractivity contribution is -0.431. The van der Waals surface area contributed by atoms with E-state index in [9.17, 15) is 57.9 Å². The largest absolute Gasteiger partial charge is 0.478 e. The van der Waals surface area contributed by atoms with Crippen LogP contribution in [-0.2, 0) is 14.3 Å². The lowest BCUT2D eigenvalue weighted by atomic mass is 9.80. The summed E-state index contributed by atoms with van der Waals surface area (Å²) in [6.45, 7) is 1.78. The third-order valence-corrected chi connectivity index (χ3v) is 3.28. The van der Waals surface area contributed by atoms with Gasteiger partial charge in [-0.05, 0) is 0 Å². The molecule has 1 N–H and O–H groups in total. The SMILES string of the molecule is CC(C)(C)C(OC(=O)C=CC(=O)O)C(F)(F)C(F)(F)C(F)(F)C(F)(F)C(F)(F)F. The summed E-state index contributed by atoms with van der Waals surface area (Å²) in [4.78, 5) is 21.5. The van der Waals surface area contributed by atoms with Gasteiger partial charge < -0.3 is 9.84 Å². The highest BCUT2D eigenvalue weighted by Gasteiger charge is 2.88. The molecule has 0 aromatic rings. The van der Waals surface area contributed by atoms with Crippen LogP contribution in [0.15, 0.2) is 12.2 Å². The number of aliphatic carboxylic acids is 1. The molecule has 1 atom stereocenters. The van der Waals surface area contributed by atoms with E-state index in [-0.39, 0.29) is 12.2 Å². The first-order chi connectivity index (χ1) is 12.4. The van der Waals surface area contributed by atoms with Gasteiger partial charge in [-0.15, -0.1) is 0 Å². The molecule has 15 heteroatoms. The van der Waals surface area contributed by atoms with Gasteiger partial charge in [0.1, 0.15) is 0 Å². The maximum atomic E-state index is 14.2. The van der Waals surface area contributed by atoms with Gasteiger partial charge in [-0.1, -0.05) is 20.8 Å². The number of alkyl halides is 11. The summed E-state index contributed by atoms with van der Waals surface area (Å²) >= 11 is 0. The summed E-state index contributed by atoms with van der Waals surface area (Å²) in [6, 6.07) is 0. The smallest absolute Gasteiger partial charge is 0.460 e. The number of esters is 1. The van der Waals surface area contributed by atoms with Crippen LogP contribution >= 0.6 is 0 Å². The first-order valence-electron chi connectivity index (χ1n) is 7.14. The van der Waals surface area contributed by atoms with Crippen LogP contribution in [-0.4, -0.2) is 53.0 Å². The average molecular weight is 454 g/mol. The van der Waals surface area contributed by atoms with E-state index in [0.717, 1.165) is 0 Å². The van der Waals surface area contributed by atoms with Crippen LogP contribution in [0.3, 0.4) is 0 Å². The predicted octanol–water partition coefficient (Wildman–Crippen LogP) is 4.69.